The van der Waals surface area contributed by atoms with Gasteiger partial charge < -0.3 is 20.6 Å². The van der Waals surface area contributed by atoms with E-state index in [1.165, 1.54) is 12.1 Å². The molecule has 1 aromatic rings. The molecule has 0 aromatic heterocycles. The second kappa shape index (κ2) is 12.3. The summed E-state index contributed by atoms with van der Waals surface area (Å²) in [4.78, 5) is 38.8. The fourth-order valence-electron chi connectivity index (χ4n) is 4.74. The first kappa shape index (κ1) is 26.2. The van der Waals surface area contributed by atoms with Gasteiger partial charge in [0.05, 0.1) is 29.0 Å². The molecule has 2 aliphatic heterocycles. The van der Waals surface area contributed by atoms with Gasteiger partial charge in [-0.1, -0.05) is 18.2 Å². The summed E-state index contributed by atoms with van der Waals surface area (Å²) in [5.74, 6) is -1.97. The lowest BCUT2D eigenvalue weighted by Crippen LogP contribution is -2.49. The number of amides is 2. The van der Waals surface area contributed by atoms with Gasteiger partial charge in [0.25, 0.3) is 0 Å². The third-order valence-corrected chi connectivity index (χ3v) is 8.49. The van der Waals surface area contributed by atoms with Crippen molar-refractivity contribution in [3.63, 3.8) is 0 Å². The van der Waals surface area contributed by atoms with E-state index in [-0.39, 0.29) is 17.3 Å². The zero-order chi connectivity index (χ0) is 24.6. The lowest BCUT2D eigenvalue weighted by molar-refractivity contribution is -0.137. The second-order valence-electron chi connectivity index (χ2n) is 9.31. The van der Waals surface area contributed by atoms with Crippen molar-refractivity contribution in [1.82, 2.24) is 15.5 Å². The minimum absolute atomic E-state index is 0.0461. The van der Waals surface area contributed by atoms with E-state index in [4.69, 9.17) is 0 Å². The molecule has 10 heteroatoms. The molecule has 2 atom stereocenters. The Hall–Kier alpha value is -2.46. The number of piperidine rings is 2. The molecule has 0 radical (unpaired) electrons. The molecular formula is C24H35N3O6S. The Morgan fingerprint density at radius 1 is 1.12 bits per heavy atom. The molecule has 2 aliphatic rings. The fourth-order valence-corrected chi connectivity index (χ4v) is 6.24. The molecule has 0 aliphatic carbocycles. The van der Waals surface area contributed by atoms with Gasteiger partial charge in [-0.3, -0.25) is 14.4 Å². The SMILES string of the molecule is O=C(O)C[C@@H](CS(=O)(=O)c1ccccc1)NC(=O)[C@@H]1CCCN(C(=O)CCC2CCNCC2)C1. The number of benzene rings is 1. The molecule has 1 aromatic carbocycles. The average molecular weight is 494 g/mol. The minimum Gasteiger partial charge on any atom is -0.481 e. The topological polar surface area (TPSA) is 133 Å². The number of carboxylic acids is 1. The molecule has 188 valence electrons. The van der Waals surface area contributed by atoms with Crippen LogP contribution in [0.5, 0.6) is 0 Å². The Morgan fingerprint density at radius 3 is 2.50 bits per heavy atom. The van der Waals surface area contributed by atoms with Gasteiger partial charge >= 0.3 is 5.97 Å². The molecule has 2 amide bonds. The van der Waals surface area contributed by atoms with Crippen LogP contribution in [0.2, 0.25) is 0 Å². The van der Waals surface area contributed by atoms with Crippen LogP contribution in [0.25, 0.3) is 0 Å². The first-order valence-corrected chi connectivity index (χ1v) is 13.7. The van der Waals surface area contributed by atoms with Crippen molar-refractivity contribution in [2.75, 3.05) is 31.9 Å². The number of carboxylic acid groups (broad SMARTS) is 1. The van der Waals surface area contributed by atoms with Crippen molar-refractivity contribution in [3.05, 3.63) is 30.3 Å². The summed E-state index contributed by atoms with van der Waals surface area (Å²) in [6, 6.07) is 6.72. The van der Waals surface area contributed by atoms with Crippen LogP contribution < -0.4 is 10.6 Å². The molecule has 2 heterocycles. The maximum atomic E-state index is 12.9. The second-order valence-corrected chi connectivity index (χ2v) is 11.3. The average Bonchev–Trinajstić information content (AvgIpc) is 2.83. The number of nitrogens with one attached hydrogen (secondary N) is 2. The lowest BCUT2D eigenvalue weighted by atomic mass is 9.92. The molecule has 3 N–H and O–H groups in total. The predicted molar refractivity (Wildman–Crippen MR) is 127 cm³/mol. The van der Waals surface area contributed by atoms with E-state index in [2.05, 4.69) is 10.6 Å². The van der Waals surface area contributed by atoms with Gasteiger partial charge in [-0.15, -0.1) is 0 Å². The van der Waals surface area contributed by atoms with Gasteiger partial charge in [-0.05, 0) is 63.2 Å². The van der Waals surface area contributed by atoms with E-state index in [0.717, 1.165) is 32.4 Å². The number of sulfone groups is 1. The quantitative estimate of drug-likeness (QED) is 0.449. The number of rotatable bonds is 10. The maximum absolute atomic E-state index is 12.9. The van der Waals surface area contributed by atoms with Crippen LogP contribution in [-0.4, -0.2) is 74.2 Å². The highest BCUT2D eigenvalue weighted by atomic mass is 32.2. The zero-order valence-electron chi connectivity index (χ0n) is 19.4. The van der Waals surface area contributed by atoms with Crippen LogP contribution in [0.3, 0.4) is 0 Å². The van der Waals surface area contributed by atoms with E-state index in [0.29, 0.717) is 31.7 Å². The molecule has 9 nitrogen and oxygen atoms in total. The van der Waals surface area contributed by atoms with Crippen molar-refractivity contribution in [3.8, 4) is 0 Å². The van der Waals surface area contributed by atoms with E-state index in [1.54, 1.807) is 23.1 Å². The number of nitrogens with zero attached hydrogens (tertiary/aromatic N) is 1. The van der Waals surface area contributed by atoms with Crippen molar-refractivity contribution < 1.29 is 27.9 Å². The lowest BCUT2D eigenvalue weighted by Gasteiger charge is -2.33. The van der Waals surface area contributed by atoms with E-state index in [1.807, 2.05) is 0 Å². The first-order chi connectivity index (χ1) is 16.2. The normalized spacial score (nSPS) is 20.5. The van der Waals surface area contributed by atoms with E-state index < -0.39 is 45.8 Å². The van der Waals surface area contributed by atoms with Gasteiger partial charge in [0.2, 0.25) is 11.8 Å². The van der Waals surface area contributed by atoms with Crippen LogP contribution >= 0.6 is 0 Å². The molecule has 34 heavy (non-hydrogen) atoms. The number of hydrogen-bond acceptors (Lipinski definition) is 6. The van der Waals surface area contributed by atoms with Crippen LogP contribution in [0.1, 0.15) is 44.9 Å². The third kappa shape index (κ3) is 7.80. The monoisotopic (exact) mass is 493 g/mol. The molecule has 0 unspecified atom stereocenters. The number of hydrogen-bond donors (Lipinski definition) is 3. The molecule has 0 saturated carbocycles. The van der Waals surface area contributed by atoms with Gasteiger partial charge in [0, 0.05) is 19.5 Å². The van der Waals surface area contributed by atoms with Crippen molar-refractivity contribution >= 4 is 27.6 Å². The van der Waals surface area contributed by atoms with Gasteiger partial charge in [-0.2, -0.15) is 0 Å². The van der Waals surface area contributed by atoms with E-state index in [9.17, 15) is 27.9 Å². The van der Waals surface area contributed by atoms with E-state index >= 15 is 0 Å². The van der Waals surface area contributed by atoms with Crippen molar-refractivity contribution in [1.29, 1.82) is 0 Å². The Kier molecular flexibility index (Phi) is 9.46. The van der Waals surface area contributed by atoms with Gasteiger partial charge in [0.15, 0.2) is 9.84 Å². The summed E-state index contributed by atoms with van der Waals surface area (Å²) in [6.07, 6.45) is 4.24. The highest BCUT2D eigenvalue weighted by molar-refractivity contribution is 7.91. The standard InChI is InChI=1S/C24H35N3O6S/c28-22(9-8-18-10-12-25-13-11-18)27-14-4-5-19(16-27)24(31)26-20(15-23(29)30)17-34(32,33)21-6-2-1-3-7-21/h1-3,6-7,18-20,25H,4-5,8-17H2,(H,26,31)(H,29,30)/t19-,20+/m1/s1. The third-order valence-electron chi connectivity index (χ3n) is 6.66. The van der Waals surface area contributed by atoms with Crippen LogP contribution in [0.4, 0.5) is 0 Å². The van der Waals surface area contributed by atoms with Crippen LogP contribution in [-0.2, 0) is 24.2 Å². The van der Waals surface area contributed by atoms with Crippen molar-refractivity contribution in [2.24, 2.45) is 11.8 Å². The number of aliphatic carboxylic acids is 1. The summed E-state index contributed by atoms with van der Waals surface area (Å²) >= 11 is 0. The zero-order valence-corrected chi connectivity index (χ0v) is 20.3. The van der Waals surface area contributed by atoms with Crippen LogP contribution in [0, 0.1) is 11.8 Å². The molecule has 2 fully saturated rings. The minimum atomic E-state index is -3.77. The molecule has 2 saturated heterocycles. The Bertz CT molecular complexity index is 947. The summed E-state index contributed by atoms with van der Waals surface area (Å²) in [7, 11) is -3.77. The van der Waals surface area contributed by atoms with Crippen LogP contribution in [0.15, 0.2) is 35.2 Å². The summed E-state index contributed by atoms with van der Waals surface area (Å²) in [5.41, 5.74) is 0. The summed E-state index contributed by atoms with van der Waals surface area (Å²) in [6.45, 7) is 2.86. The number of carbonyl (C=O) groups excluding carboxylic acids is 2. The Morgan fingerprint density at radius 2 is 1.82 bits per heavy atom. The van der Waals surface area contributed by atoms with Gasteiger partial charge in [0.1, 0.15) is 0 Å². The summed E-state index contributed by atoms with van der Waals surface area (Å²) in [5, 5.41) is 15.2. The highest BCUT2D eigenvalue weighted by Crippen LogP contribution is 2.22. The maximum Gasteiger partial charge on any atom is 0.305 e. The first-order valence-electron chi connectivity index (χ1n) is 12.0. The largest absolute Gasteiger partial charge is 0.481 e. The number of likely N-dealkylation sites (tertiary alicyclic amines) is 1. The smallest absolute Gasteiger partial charge is 0.305 e. The van der Waals surface area contributed by atoms with Crippen molar-refractivity contribution in [2.45, 2.75) is 55.9 Å². The number of carbonyl (C=O) groups is 3. The predicted octanol–water partition coefficient (Wildman–Crippen LogP) is 1.44. The Labute approximate surface area is 201 Å². The molecule has 3 rings (SSSR count). The fraction of sp³-hybridized carbons (Fsp3) is 0.625. The molecular weight excluding hydrogens is 458 g/mol. The van der Waals surface area contributed by atoms with Gasteiger partial charge in [-0.25, -0.2) is 8.42 Å². The Balaban J connectivity index is 1.56. The highest BCUT2D eigenvalue weighted by Gasteiger charge is 2.32. The molecule has 0 bridgehead atoms. The summed E-state index contributed by atoms with van der Waals surface area (Å²) < 4.78 is 25.4. The molecule has 0 spiro atoms.